The van der Waals surface area contributed by atoms with E-state index < -0.39 is 6.10 Å². The zero-order valence-corrected chi connectivity index (χ0v) is 17.7. The highest BCUT2D eigenvalue weighted by molar-refractivity contribution is 5.92. The predicted molar refractivity (Wildman–Crippen MR) is 116 cm³/mol. The van der Waals surface area contributed by atoms with Gasteiger partial charge in [0.05, 0.1) is 6.61 Å². The van der Waals surface area contributed by atoms with E-state index in [0.29, 0.717) is 13.2 Å². The van der Waals surface area contributed by atoms with E-state index in [4.69, 9.17) is 4.74 Å². The summed E-state index contributed by atoms with van der Waals surface area (Å²) in [5.74, 6) is -0.285. The Morgan fingerprint density at radius 2 is 2.04 bits per heavy atom. The number of carbonyl (C=O) groups excluding carboxylic acids is 2. The fraction of sp³-hybridized carbons (Fsp3) is 0.579. The topological polar surface area (TPSA) is 82.7 Å². The number of rotatable bonds is 6. The Hall–Kier alpha value is -1.54. The van der Waals surface area contributed by atoms with Gasteiger partial charge in [0.2, 0.25) is 5.91 Å². The summed E-state index contributed by atoms with van der Waals surface area (Å²) >= 11 is 0. The lowest BCUT2D eigenvalue weighted by molar-refractivity contribution is -0.135. The number of anilines is 2. The second-order valence-corrected chi connectivity index (χ2v) is 6.97. The largest absolute Gasteiger partial charge is 0.371 e. The molecule has 0 bridgehead atoms. The van der Waals surface area contributed by atoms with Crippen LogP contribution in [0.25, 0.3) is 0 Å². The molecular weight excluding hydrogens is 403 g/mol. The number of nitrogens with one attached hydrogen (secondary N) is 3. The number of hydrogen-bond acceptors (Lipinski definition) is 5. The number of halogens is 2. The van der Waals surface area contributed by atoms with E-state index in [1.807, 2.05) is 25.1 Å². The van der Waals surface area contributed by atoms with Gasteiger partial charge in [-0.3, -0.25) is 9.59 Å². The van der Waals surface area contributed by atoms with Crippen molar-refractivity contribution >= 4 is 48.0 Å². The van der Waals surface area contributed by atoms with Crippen molar-refractivity contribution in [2.75, 3.05) is 43.0 Å². The number of morpholine rings is 1. The second-order valence-electron chi connectivity index (χ2n) is 6.97. The molecule has 2 unspecified atom stereocenters. The van der Waals surface area contributed by atoms with Crippen LogP contribution in [0.4, 0.5) is 11.4 Å². The van der Waals surface area contributed by atoms with Crippen LogP contribution in [-0.2, 0) is 14.3 Å². The monoisotopic (exact) mass is 432 g/mol. The van der Waals surface area contributed by atoms with E-state index in [2.05, 4.69) is 26.9 Å². The molecule has 9 heteroatoms. The van der Waals surface area contributed by atoms with Gasteiger partial charge < -0.3 is 25.6 Å². The zero-order chi connectivity index (χ0) is 18.4. The van der Waals surface area contributed by atoms with Gasteiger partial charge in [0.1, 0.15) is 6.10 Å². The van der Waals surface area contributed by atoms with Gasteiger partial charge in [-0.2, -0.15) is 0 Å². The molecule has 2 fully saturated rings. The standard InChI is InChI=1S/C19H28N4O3.2ClH/c1-14(21-19(25)17-13-20-7-10-26-17)11-18(24)22-15-5-4-6-16(12-15)23-8-2-3-9-23;;/h4-6,12,14,17,20H,2-3,7-11,13H2,1H3,(H,21,25)(H,22,24);2*1H. The molecular formula is C19H30Cl2N4O3. The van der Waals surface area contributed by atoms with Gasteiger partial charge in [-0.15, -0.1) is 24.8 Å². The Labute approximate surface area is 178 Å². The highest BCUT2D eigenvalue weighted by Crippen LogP contribution is 2.23. The SMILES string of the molecule is CC(CC(=O)Nc1cccc(N2CCCC2)c1)NC(=O)C1CNCCO1.Cl.Cl. The second kappa shape index (κ2) is 12.1. The summed E-state index contributed by atoms with van der Waals surface area (Å²) in [6, 6.07) is 7.68. The molecule has 1 aromatic rings. The molecule has 2 aliphatic rings. The number of ether oxygens (including phenoxy) is 1. The third-order valence-electron chi connectivity index (χ3n) is 4.70. The summed E-state index contributed by atoms with van der Waals surface area (Å²) in [6.07, 6.45) is 2.17. The van der Waals surface area contributed by atoms with E-state index >= 15 is 0 Å². The molecule has 2 atom stereocenters. The molecule has 1 aromatic carbocycles. The van der Waals surface area contributed by atoms with Gasteiger partial charge in [0.25, 0.3) is 5.91 Å². The van der Waals surface area contributed by atoms with Crippen molar-refractivity contribution in [1.82, 2.24) is 10.6 Å². The third kappa shape index (κ3) is 7.13. The first-order valence-corrected chi connectivity index (χ1v) is 9.39. The Balaban J connectivity index is 0.00000196. The minimum Gasteiger partial charge on any atom is -0.371 e. The number of nitrogens with zero attached hydrogens (tertiary/aromatic N) is 1. The minimum absolute atomic E-state index is 0. The van der Waals surface area contributed by atoms with E-state index in [9.17, 15) is 9.59 Å². The summed E-state index contributed by atoms with van der Waals surface area (Å²) in [7, 11) is 0. The van der Waals surface area contributed by atoms with Crippen molar-refractivity contribution in [2.24, 2.45) is 0 Å². The first-order valence-electron chi connectivity index (χ1n) is 9.39. The summed E-state index contributed by atoms with van der Waals surface area (Å²) in [5, 5.41) is 8.90. The van der Waals surface area contributed by atoms with Crippen molar-refractivity contribution in [1.29, 1.82) is 0 Å². The summed E-state index contributed by atoms with van der Waals surface area (Å²) in [6.45, 7) is 5.76. The van der Waals surface area contributed by atoms with Crippen LogP contribution in [0.5, 0.6) is 0 Å². The molecule has 3 rings (SSSR count). The Kier molecular flexibility index (Phi) is 10.6. The molecule has 2 heterocycles. The Morgan fingerprint density at radius 3 is 2.71 bits per heavy atom. The smallest absolute Gasteiger partial charge is 0.250 e. The summed E-state index contributed by atoms with van der Waals surface area (Å²) in [5.41, 5.74) is 1.93. The first-order chi connectivity index (χ1) is 12.6. The van der Waals surface area contributed by atoms with E-state index in [0.717, 1.165) is 31.0 Å². The maximum atomic E-state index is 12.3. The zero-order valence-electron chi connectivity index (χ0n) is 16.1. The highest BCUT2D eigenvalue weighted by Gasteiger charge is 2.23. The molecule has 0 aromatic heterocycles. The lowest BCUT2D eigenvalue weighted by atomic mass is 10.2. The third-order valence-corrected chi connectivity index (χ3v) is 4.70. The van der Waals surface area contributed by atoms with E-state index in [-0.39, 0.29) is 49.1 Å². The minimum atomic E-state index is -0.480. The molecule has 7 nitrogen and oxygen atoms in total. The number of hydrogen-bond donors (Lipinski definition) is 3. The number of amides is 2. The molecule has 2 saturated heterocycles. The molecule has 0 radical (unpaired) electrons. The number of benzene rings is 1. The summed E-state index contributed by atoms with van der Waals surface area (Å²) in [4.78, 5) is 26.8. The average molecular weight is 433 g/mol. The Morgan fingerprint density at radius 1 is 1.29 bits per heavy atom. The quantitative estimate of drug-likeness (QED) is 0.639. The van der Waals surface area contributed by atoms with Crippen LogP contribution in [0.3, 0.4) is 0 Å². The molecule has 0 spiro atoms. The van der Waals surface area contributed by atoms with Crippen LogP contribution in [-0.4, -0.2) is 56.7 Å². The van der Waals surface area contributed by atoms with Crippen molar-refractivity contribution in [3.8, 4) is 0 Å². The molecule has 158 valence electrons. The molecule has 3 N–H and O–H groups in total. The van der Waals surface area contributed by atoms with Crippen molar-refractivity contribution in [2.45, 2.75) is 38.3 Å². The lowest BCUT2D eigenvalue weighted by Gasteiger charge is -2.24. The van der Waals surface area contributed by atoms with Gasteiger partial charge >= 0.3 is 0 Å². The van der Waals surface area contributed by atoms with Crippen molar-refractivity contribution < 1.29 is 14.3 Å². The highest BCUT2D eigenvalue weighted by atomic mass is 35.5. The van der Waals surface area contributed by atoms with Gasteiger partial charge in [-0.1, -0.05) is 6.07 Å². The molecule has 2 amide bonds. The van der Waals surface area contributed by atoms with Crippen LogP contribution >= 0.6 is 24.8 Å². The van der Waals surface area contributed by atoms with E-state index in [1.54, 1.807) is 0 Å². The van der Waals surface area contributed by atoms with Gasteiger partial charge in [-0.25, -0.2) is 0 Å². The predicted octanol–water partition coefficient (Wildman–Crippen LogP) is 1.95. The molecule has 2 aliphatic heterocycles. The molecule has 28 heavy (non-hydrogen) atoms. The van der Waals surface area contributed by atoms with Crippen LogP contribution in [0.15, 0.2) is 24.3 Å². The van der Waals surface area contributed by atoms with E-state index in [1.165, 1.54) is 12.8 Å². The van der Waals surface area contributed by atoms with Gasteiger partial charge in [0.15, 0.2) is 0 Å². The van der Waals surface area contributed by atoms with Crippen LogP contribution in [0, 0.1) is 0 Å². The van der Waals surface area contributed by atoms with Crippen LogP contribution in [0.1, 0.15) is 26.2 Å². The summed E-state index contributed by atoms with van der Waals surface area (Å²) < 4.78 is 5.42. The maximum absolute atomic E-state index is 12.3. The van der Waals surface area contributed by atoms with Crippen LogP contribution in [0.2, 0.25) is 0 Å². The average Bonchev–Trinajstić information content (AvgIpc) is 3.17. The van der Waals surface area contributed by atoms with Crippen molar-refractivity contribution in [3.05, 3.63) is 24.3 Å². The normalized spacial score (nSPS) is 19.8. The van der Waals surface area contributed by atoms with Crippen LogP contribution < -0.4 is 20.9 Å². The fourth-order valence-corrected chi connectivity index (χ4v) is 3.37. The molecule has 0 saturated carbocycles. The fourth-order valence-electron chi connectivity index (χ4n) is 3.37. The van der Waals surface area contributed by atoms with Crippen molar-refractivity contribution in [3.63, 3.8) is 0 Å². The molecule has 0 aliphatic carbocycles. The number of carbonyl (C=O) groups is 2. The first kappa shape index (κ1) is 24.5. The van der Waals surface area contributed by atoms with Gasteiger partial charge in [-0.05, 0) is 38.0 Å². The Bertz CT molecular complexity index is 635. The maximum Gasteiger partial charge on any atom is 0.250 e. The van der Waals surface area contributed by atoms with Gasteiger partial charge in [0, 0.05) is 50.0 Å². The lowest BCUT2D eigenvalue weighted by Crippen LogP contribution is -2.50.